The highest BCUT2D eigenvalue weighted by Crippen LogP contribution is 2.47. The minimum absolute atomic E-state index is 0.482. The van der Waals surface area contributed by atoms with E-state index in [1.54, 1.807) is 14.2 Å². The van der Waals surface area contributed by atoms with Crippen LogP contribution in [0.15, 0.2) is 22.6 Å². The van der Waals surface area contributed by atoms with Gasteiger partial charge in [-0.05, 0) is 0 Å². The molecule has 3 heterocycles. The van der Waals surface area contributed by atoms with Gasteiger partial charge in [0.25, 0.3) is 0 Å². The third-order valence-electron chi connectivity index (χ3n) is 2.38. The van der Waals surface area contributed by atoms with Gasteiger partial charge >= 0.3 is 0 Å². The first kappa shape index (κ1) is 11.0. The molecule has 1 N–H and O–H groups in total. The van der Waals surface area contributed by atoms with E-state index in [2.05, 4.69) is 25.3 Å². The van der Waals surface area contributed by atoms with Crippen molar-refractivity contribution in [2.75, 3.05) is 19.5 Å². The molecule has 0 amide bonds. The van der Waals surface area contributed by atoms with E-state index in [4.69, 9.17) is 9.47 Å². The lowest BCUT2D eigenvalue weighted by Crippen LogP contribution is -2.08. The van der Waals surface area contributed by atoms with Crippen molar-refractivity contribution in [2.24, 2.45) is 0 Å². The zero-order valence-electron chi connectivity index (χ0n) is 9.67. The summed E-state index contributed by atoms with van der Waals surface area (Å²) in [7, 11) is 3.13. The van der Waals surface area contributed by atoms with Crippen LogP contribution in [0, 0.1) is 0 Å². The van der Waals surface area contributed by atoms with Crippen molar-refractivity contribution >= 4 is 23.3 Å². The van der Waals surface area contributed by atoms with E-state index >= 15 is 0 Å². The van der Waals surface area contributed by atoms with Crippen LogP contribution in [-0.4, -0.2) is 34.2 Å². The summed E-state index contributed by atoms with van der Waals surface area (Å²) in [6.45, 7) is 0. The molecule has 0 atom stereocenters. The van der Waals surface area contributed by atoms with Gasteiger partial charge in [-0.2, -0.15) is 4.98 Å². The number of nitrogens with one attached hydrogen (secondary N) is 1. The average Bonchev–Trinajstić information content (AvgIpc) is 2.43. The zero-order valence-corrected chi connectivity index (χ0v) is 10.5. The topological polar surface area (TPSA) is 82.1 Å². The third-order valence-corrected chi connectivity index (χ3v) is 3.45. The summed E-state index contributed by atoms with van der Waals surface area (Å²) in [4.78, 5) is 17.3. The molecule has 0 spiro atoms. The van der Waals surface area contributed by atoms with Crippen LogP contribution in [0.25, 0.3) is 0 Å². The Labute approximate surface area is 107 Å². The Balaban J connectivity index is 2.11. The van der Waals surface area contributed by atoms with Gasteiger partial charge in [0.1, 0.15) is 28.3 Å². The second-order valence-electron chi connectivity index (χ2n) is 3.35. The van der Waals surface area contributed by atoms with Gasteiger partial charge in [-0.1, -0.05) is 11.8 Å². The summed E-state index contributed by atoms with van der Waals surface area (Å²) >= 11 is 1.42. The lowest BCUT2D eigenvalue weighted by Gasteiger charge is -2.20. The summed E-state index contributed by atoms with van der Waals surface area (Å²) in [5.41, 5.74) is 0.707. The van der Waals surface area contributed by atoms with E-state index in [0.29, 0.717) is 23.3 Å². The van der Waals surface area contributed by atoms with Crippen LogP contribution in [0.4, 0.5) is 11.5 Å². The lowest BCUT2D eigenvalue weighted by atomic mass is 10.4. The number of rotatable bonds is 2. The van der Waals surface area contributed by atoms with Crippen molar-refractivity contribution < 1.29 is 9.47 Å². The number of anilines is 2. The number of hydrogen-bond acceptors (Lipinski definition) is 8. The summed E-state index contributed by atoms with van der Waals surface area (Å²) in [6, 6.07) is 0. The van der Waals surface area contributed by atoms with Crippen LogP contribution in [0.2, 0.25) is 0 Å². The molecule has 3 rings (SSSR count). The summed E-state index contributed by atoms with van der Waals surface area (Å²) < 4.78 is 10.4. The normalized spacial score (nSPS) is 12.1. The highest BCUT2D eigenvalue weighted by atomic mass is 32.2. The van der Waals surface area contributed by atoms with E-state index < -0.39 is 0 Å². The fourth-order valence-electron chi connectivity index (χ4n) is 1.59. The second-order valence-corrected chi connectivity index (χ2v) is 4.35. The molecule has 0 aliphatic carbocycles. The molecule has 92 valence electrons. The number of aromatic nitrogens is 4. The van der Waals surface area contributed by atoms with Crippen LogP contribution in [0.1, 0.15) is 0 Å². The largest absolute Gasteiger partial charge is 0.480 e. The average molecular weight is 263 g/mol. The minimum Gasteiger partial charge on any atom is -0.480 e. The standard InChI is InChI=1S/C10H9N5O2S/c1-16-8-5-10(14-4-12-8)18-6-7(15-5)11-3-13-9(6)17-2/h3-4H,1-2H3,(H,11,13,15). The zero-order chi connectivity index (χ0) is 12.5. The fraction of sp³-hybridized carbons (Fsp3) is 0.200. The number of methoxy groups -OCH3 is 2. The smallest absolute Gasteiger partial charge is 0.241 e. The summed E-state index contributed by atoms with van der Waals surface area (Å²) in [5.74, 6) is 1.66. The van der Waals surface area contributed by atoms with E-state index in [-0.39, 0.29) is 0 Å². The lowest BCUT2D eigenvalue weighted by molar-refractivity contribution is 0.385. The van der Waals surface area contributed by atoms with Crippen LogP contribution in [-0.2, 0) is 0 Å². The van der Waals surface area contributed by atoms with Gasteiger partial charge < -0.3 is 14.8 Å². The molecule has 0 fully saturated rings. The molecule has 2 aromatic rings. The van der Waals surface area contributed by atoms with Crippen molar-refractivity contribution in [2.45, 2.75) is 9.92 Å². The maximum Gasteiger partial charge on any atom is 0.241 e. The van der Waals surface area contributed by atoms with Gasteiger partial charge in [0.15, 0.2) is 5.82 Å². The van der Waals surface area contributed by atoms with Crippen LogP contribution < -0.4 is 14.8 Å². The van der Waals surface area contributed by atoms with E-state index in [1.807, 2.05) is 0 Å². The molecule has 0 saturated heterocycles. The number of hydrogen-bond donors (Lipinski definition) is 1. The van der Waals surface area contributed by atoms with Gasteiger partial charge in [-0.25, -0.2) is 15.0 Å². The molecule has 1 aliphatic rings. The molecule has 18 heavy (non-hydrogen) atoms. The highest BCUT2D eigenvalue weighted by molar-refractivity contribution is 7.99. The Kier molecular flexibility index (Phi) is 2.63. The number of fused-ring (bicyclic) bond motifs is 2. The Morgan fingerprint density at radius 1 is 1.00 bits per heavy atom. The monoisotopic (exact) mass is 263 g/mol. The van der Waals surface area contributed by atoms with Crippen molar-refractivity contribution in [3.63, 3.8) is 0 Å². The first-order chi connectivity index (χ1) is 8.83. The van der Waals surface area contributed by atoms with Gasteiger partial charge in [-0.3, -0.25) is 0 Å². The molecule has 0 saturated carbocycles. The Bertz CT molecular complexity index is 553. The van der Waals surface area contributed by atoms with Crippen molar-refractivity contribution in [1.29, 1.82) is 0 Å². The predicted molar refractivity (Wildman–Crippen MR) is 64.6 cm³/mol. The van der Waals surface area contributed by atoms with Crippen LogP contribution >= 0.6 is 11.8 Å². The maximum atomic E-state index is 5.20. The third kappa shape index (κ3) is 1.61. The summed E-state index contributed by atoms with van der Waals surface area (Å²) in [5, 5.41) is 3.89. The highest BCUT2D eigenvalue weighted by Gasteiger charge is 2.25. The predicted octanol–water partition coefficient (Wildman–Crippen LogP) is 1.49. The first-order valence-corrected chi connectivity index (χ1v) is 5.88. The molecule has 0 aromatic carbocycles. The van der Waals surface area contributed by atoms with Crippen LogP contribution in [0.3, 0.4) is 0 Å². The van der Waals surface area contributed by atoms with Gasteiger partial charge in [0.05, 0.1) is 14.2 Å². The van der Waals surface area contributed by atoms with Crippen molar-refractivity contribution in [3.05, 3.63) is 12.7 Å². The molecule has 0 bridgehead atoms. The van der Waals surface area contributed by atoms with Crippen molar-refractivity contribution in [1.82, 2.24) is 19.9 Å². The maximum absolute atomic E-state index is 5.20. The minimum atomic E-state index is 0.482. The van der Waals surface area contributed by atoms with Gasteiger partial charge in [-0.15, -0.1) is 0 Å². The molecule has 2 aromatic heterocycles. The molecule has 0 unspecified atom stereocenters. The van der Waals surface area contributed by atoms with E-state index in [1.165, 1.54) is 24.4 Å². The first-order valence-electron chi connectivity index (χ1n) is 5.06. The molecular weight excluding hydrogens is 254 g/mol. The number of ether oxygens (including phenoxy) is 2. The molecular formula is C10H9N5O2S. The van der Waals surface area contributed by atoms with E-state index in [0.717, 1.165) is 9.92 Å². The fourth-order valence-corrected chi connectivity index (χ4v) is 2.55. The second kappa shape index (κ2) is 4.30. The Morgan fingerprint density at radius 3 is 2.50 bits per heavy atom. The number of nitrogens with zero attached hydrogens (tertiary/aromatic N) is 4. The van der Waals surface area contributed by atoms with E-state index in [9.17, 15) is 0 Å². The molecule has 7 nitrogen and oxygen atoms in total. The molecule has 8 heteroatoms. The van der Waals surface area contributed by atoms with Crippen LogP contribution in [0.5, 0.6) is 11.8 Å². The Hall–Kier alpha value is -2.09. The SMILES string of the molecule is COc1ncnc2c1Nc1ncnc(OC)c1S2. The Morgan fingerprint density at radius 2 is 1.72 bits per heavy atom. The molecule has 0 radical (unpaired) electrons. The summed E-state index contributed by atoms with van der Waals surface area (Å²) in [6.07, 6.45) is 2.89. The van der Waals surface area contributed by atoms with Gasteiger partial charge in [0, 0.05) is 0 Å². The molecule has 1 aliphatic heterocycles. The van der Waals surface area contributed by atoms with Gasteiger partial charge in [0.2, 0.25) is 11.8 Å². The quantitative estimate of drug-likeness (QED) is 0.696. The van der Waals surface area contributed by atoms with Crippen molar-refractivity contribution in [3.8, 4) is 11.8 Å².